The highest BCUT2D eigenvalue weighted by atomic mass is 35.5. The molecular weight excluding hydrogens is 834 g/mol. The maximum atomic E-state index is 6.52. The third-order valence-corrected chi connectivity index (χ3v) is 11.0. The van der Waals surface area contributed by atoms with Crippen LogP contribution >= 0.6 is 11.6 Å². The van der Waals surface area contributed by atoms with Crippen LogP contribution in [-0.2, 0) is 39.7 Å². The number of nitrogens with one attached hydrogen (secondary N) is 1. The number of rotatable bonds is 29. The lowest BCUT2D eigenvalue weighted by Gasteiger charge is -2.42. The van der Waals surface area contributed by atoms with Crippen molar-refractivity contribution in [1.29, 1.82) is 0 Å². The summed E-state index contributed by atoms with van der Waals surface area (Å²) < 4.78 is 55.0. The summed E-state index contributed by atoms with van der Waals surface area (Å²) in [5.41, 5.74) is 2.40. The fraction of sp³-hybridized carbons (Fsp3) is 0.659. The standard InChI is InChI=1S/C44H66ClN9O9/c1-33-27-52(28-34(2)62-33)38-7-9-39(10-8-38)54-30-41(43(51-54)61-13-5-12-56-16-17-58-20-21-60-23-22-59-19-18-57-15-14-55-4)50-44-47-25-37(26-48-44)36-6-11-40(45)42(24-36)63-35(3)29-53-32-46-31-49-53/h6,11,24-26,30-35,38-39H,5,7-10,12-23,27-29H2,1-4H3,(H,47,48,50)/t33-,34+,35-,38-,39-/m0/s1. The molecule has 1 aliphatic heterocycles. The van der Waals surface area contributed by atoms with Crippen LogP contribution in [0.1, 0.15) is 58.9 Å². The first-order chi connectivity index (χ1) is 30.8. The van der Waals surface area contributed by atoms with Gasteiger partial charge in [-0.15, -0.1) is 5.10 Å². The second kappa shape index (κ2) is 26.7. The fourth-order valence-corrected chi connectivity index (χ4v) is 7.85. The van der Waals surface area contributed by atoms with Crippen molar-refractivity contribution in [2.45, 2.75) is 89.8 Å². The van der Waals surface area contributed by atoms with Gasteiger partial charge in [-0.25, -0.2) is 19.6 Å². The molecule has 0 spiro atoms. The van der Waals surface area contributed by atoms with Crippen molar-refractivity contribution in [2.24, 2.45) is 0 Å². The Hall–Kier alpha value is -3.98. The third kappa shape index (κ3) is 16.5. The second-order valence-electron chi connectivity index (χ2n) is 15.9. The molecule has 6 rings (SSSR count). The number of benzene rings is 1. The fourth-order valence-electron chi connectivity index (χ4n) is 7.69. The zero-order valence-electron chi connectivity index (χ0n) is 37.3. The number of ether oxygens (including phenoxy) is 9. The van der Waals surface area contributed by atoms with E-state index in [0.29, 0.717) is 127 Å². The average Bonchev–Trinajstić information content (AvgIpc) is 3.95. The quantitative estimate of drug-likeness (QED) is 0.0639. The van der Waals surface area contributed by atoms with E-state index in [1.807, 2.05) is 31.3 Å². The molecule has 1 aliphatic carbocycles. The van der Waals surface area contributed by atoms with Crippen molar-refractivity contribution in [2.75, 3.05) is 105 Å². The summed E-state index contributed by atoms with van der Waals surface area (Å²) in [6.45, 7) is 15.0. The largest absolute Gasteiger partial charge is 0.487 e. The summed E-state index contributed by atoms with van der Waals surface area (Å²) in [6.07, 6.45) is 14.0. The Morgan fingerprint density at radius 1 is 0.794 bits per heavy atom. The zero-order chi connectivity index (χ0) is 44.1. The van der Waals surface area contributed by atoms with E-state index in [1.54, 1.807) is 30.5 Å². The SMILES string of the molecule is COCCOCCOCCOCCOCCOCCCOc1nn([C@H]2CC[C@H](N3C[C@@H](C)O[C@@H](C)C3)CC2)cc1Nc1ncc(-c2ccc(Cl)c(O[C@@H](C)Cn3cncn3)c2)cn1. The Morgan fingerprint density at radius 3 is 2.03 bits per heavy atom. The first-order valence-electron chi connectivity index (χ1n) is 22.2. The van der Waals surface area contributed by atoms with Gasteiger partial charge in [-0.05, 0) is 64.2 Å². The van der Waals surface area contributed by atoms with Gasteiger partial charge in [0.05, 0.1) is 109 Å². The molecule has 0 bridgehead atoms. The van der Waals surface area contributed by atoms with E-state index in [9.17, 15) is 0 Å². The summed E-state index contributed by atoms with van der Waals surface area (Å²) in [5.74, 6) is 1.50. The van der Waals surface area contributed by atoms with E-state index in [0.717, 1.165) is 49.9 Å². The number of hydrogen-bond donors (Lipinski definition) is 1. The molecule has 1 saturated carbocycles. The molecule has 0 radical (unpaired) electrons. The van der Waals surface area contributed by atoms with Crippen LogP contribution in [0, 0.1) is 0 Å². The van der Waals surface area contributed by atoms with Gasteiger partial charge in [0.15, 0.2) is 0 Å². The Bertz CT molecular complexity index is 1840. The monoisotopic (exact) mass is 899 g/mol. The van der Waals surface area contributed by atoms with Crippen LogP contribution < -0.4 is 14.8 Å². The maximum Gasteiger partial charge on any atom is 0.256 e. The summed E-state index contributed by atoms with van der Waals surface area (Å²) in [6, 6.07) is 6.45. The van der Waals surface area contributed by atoms with Gasteiger partial charge in [-0.1, -0.05) is 17.7 Å². The molecule has 63 heavy (non-hydrogen) atoms. The van der Waals surface area contributed by atoms with Crippen molar-refractivity contribution < 1.29 is 42.6 Å². The van der Waals surface area contributed by atoms with Gasteiger partial charge in [0.25, 0.3) is 5.88 Å². The van der Waals surface area contributed by atoms with Crippen LogP contribution in [-0.4, -0.2) is 163 Å². The molecule has 1 aromatic carbocycles. The molecule has 3 atom stereocenters. The van der Waals surface area contributed by atoms with Crippen LogP contribution in [0.25, 0.3) is 11.1 Å². The Balaban J connectivity index is 0.964. The molecule has 4 heterocycles. The van der Waals surface area contributed by atoms with Crippen molar-refractivity contribution in [3.8, 4) is 22.8 Å². The van der Waals surface area contributed by atoms with Crippen LogP contribution in [0.4, 0.5) is 11.6 Å². The number of methoxy groups -OCH3 is 1. The molecule has 2 aliphatic rings. The second-order valence-corrected chi connectivity index (χ2v) is 16.3. The number of halogens is 1. The summed E-state index contributed by atoms with van der Waals surface area (Å²) in [5, 5.41) is 13.0. The summed E-state index contributed by atoms with van der Waals surface area (Å²) >= 11 is 6.52. The normalized spacial score (nSPS) is 19.9. The minimum atomic E-state index is -0.184. The first-order valence-corrected chi connectivity index (χ1v) is 22.6. The molecule has 1 N–H and O–H groups in total. The minimum Gasteiger partial charge on any atom is -0.487 e. The molecule has 0 amide bonds. The van der Waals surface area contributed by atoms with Gasteiger partial charge in [0, 0.05) is 57.2 Å². The minimum absolute atomic E-state index is 0.184. The topological polar surface area (TPSA) is 173 Å². The van der Waals surface area contributed by atoms with Crippen molar-refractivity contribution in [1.82, 2.24) is 39.4 Å². The number of nitrogens with zero attached hydrogens (tertiary/aromatic N) is 8. The van der Waals surface area contributed by atoms with Crippen LogP contribution in [0.2, 0.25) is 5.02 Å². The van der Waals surface area contributed by atoms with Gasteiger partial charge in [0.2, 0.25) is 5.95 Å². The molecule has 348 valence electrons. The molecule has 19 heteroatoms. The van der Waals surface area contributed by atoms with E-state index in [-0.39, 0.29) is 24.4 Å². The average molecular weight is 901 g/mol. The van der Waals surface area contributed by atoms with Crippen molar-refractivity contribution in [3.05, 3.63) is 54.5 Å². The highest BCUT2D eigenvalue weighted by molar-refractivity contribution is 6.32. The third-order valence-electron chi connectivity index (χ3n) is 10.7. The van der Waals surface area contributed by atoms with Crippen molar-refractivity contribution >= 4 is 23.2 Å². The highest BCUT2D eigenvalue weighted by Crippen LogP contribution is 2.36. The zero-order valence-corrected chi connectivity index (χ0v) is 38.0. The predicted molar refractivity (Wildman–Crippen MR) is 237 cm³/mol. The lowest BCUT2D eigenvalue weighted by molar-refractivity contribution is -0.0852. The number of anilines is 2. The number of hydrogen-bond acceptors (Lipinski definition) is 16. The molecule has 3 aromatic heterocycles. The van der Waals surface area contributed by atoms with E-state index in [1.165, 1.54) is 6.33 Å². The van der Waals surface area contributed by atoms with Crippen LogP contribution in [0.15, 0.2) is 49.4 Å². The van der Waals surface area contributed by atoms with E-state index in [2.05, 4.69) is 48.8 Å². The number of morpholine rings is 1. The molecular formula is C44H66ClN9O9. The Morgan fingerprint density at radius 2 is 1.41 bits per heavy atom. The van der Waals surface area contributed by atoms with E-state index >= 15 is 0 Å². The lowest BCUT2D eigenvalue weighted by atomic mass is 9.89. The molecule has 0 unspecified atom stereocenters. The van der Waals surface area contributed by atoms with Gasteiger partial charge in [-0.3, -0.25) is 9.58 Å². The molecule has 1 saturated heterocycles. The van der Waals surface area contributed by atoms with E-state index < -0.39 is 0 Å². The predicted octanol–water partition coefficient (Wildman–Crippen LogP) is 5.89. The Kier molecular flexibility index (Phi) is 20.6. The maximum absolute atomic E-state index is 6.52. The van der Waals surface area contributed by atoms with Gasteiger partial charge in [0.1, 0.15) is 30.2 Å². The first kappa shape index (κ1) is 48.5. The van der Waals surface area contributed by atoms with Gasteiger partial charge >= 0.3 is 0 Å². The number of aromatic nitrogens is 7. The Labute approximate surface area is 376 Å². The summed E-state index contributed by atoms with van der Waals surface area (Å²) in [7, 11) is 1.65. The highest BCUT2D eigenvalue weighted by Gasteiger charge is 2.32. The molecule has 18 nitrogen and oxygen atoms in total. The van der Waals surface area contributed by atoms with E-state index in [4.69, 9.17) is 59.3 Å². The van der Waals surface area contributed by atoms with Gasteiger partial charge in [-0.2, -0.15) is 5.10 Å². The van der Waals surface area contributed by atoms with Crippen LogP contribution in [0.5, 0.6) is 11.6 Å². The van der Waals surface area contributed by atoms with Gasteiger partial charge < -0.3 is 47.9 Å². The summed E-state index contributed by atoms with van der Waals surface area (Å²) in [4.78, 5) is 15.9. The smallest absolute Gasteiger partial charge is 0.256 e. The van der Waals surface area contributed by atoms with Crippen LogP contribution in [0.3, 0.4) is 0 Å². The molecule has 4 aromatic rings. The lowest BCUT2D eigenvalue weighted by Crippen LogP contribution is -2.51. The van der Waals surface area contributed by atoms with Crippen molar-refractivity contribution in [3.63, 3.8) is 0 Å². The molecule has 2 fully saturated rings.